The van der Waals surface area contributed by atoms with Crippen LogP contribution in [0.2, 0.25) is 0 Å². The van der Waals surface area contributed by atoms with E-state index in [1.54, 1.807) is 13.0 Å². The lowest BCUT2D eigenvalue weighted by Gasteiger charge is -2.04. The van der Waals surface area contributed by atoms with Gasteiger partial charge in [-0.3, -0.25) is 0 Å². The summed E-state index contributed by atoms with van der Waals surface area (Å²) < 4.78 is 26.5. The van der Waals surface area contributed by atoms with Crippen LogP contribution >= 0.6 is 0 Å². The number of halogens is 2. The highest BCUT2D eigenvalue weighted by molar-refractivity contribution is 4.73. The molecule has 9 heavy (non-hydrogen) atoms. The van der Waals surface area contributed by atoms with Crippen molar-refractivity contribution in [2.24, 2.45) is 5.92 Å². The van der Waals surface area contributed by atoms with E-state index >= 15 is 0 Å². The molecule has 0 saturated carbocycles. The van der Waals surface area contributed by atoms with Crippen molar-refractivity contribution in [2.45, 2.75) is 13.5 Å². The Labute approximate surface area is 53.3 Å². The van der Waals surface area contributed by atoms with Crippen LogP contribution in [0.3, 0.4) is 0 Å². The molecule has 0 saturated heterocycles. The molecule has 0 aliphatic carbocycles. The van der Waals surface area contributed by atoms with E-state index in [4.69, 9.17) is 0 Å². The summed E-state index contributed by atoms with van der Waals surface area (Å²) in [6, 6.07) is 0. The van der Waals surface area contributed by atoms with Gasteiger partial charge in [-0.15, -0.1) is 6.58 Å². The van der Waals surface area contributed by atoms with Crippen LogP contribution < -0.4 is 0 Å². The zero-order chi connectivity index (χ0) is 7.28. The van der Waals surface area contributed by atoms with E-state index in [1.807, 2.05) is 0 Å². The Hall–Kier alpha value is -0.440. The zero-order valence-electron chi connectivity index (χ0n) is 5.31. The van der Waals surface area contributed by atoms with Crippen LogP contribution in [0.15, 0.2) is 12.7 Å². The Morgan fingerprint density at radius 3 is 2.56 bits per heavy atom. The standard InChI is InChI=1S/C6H10F2O/c1-3-5(2)4-9-6(7)8/h3,5-6H,1,4H2,2H3/t5-/m0/s1. The summed E-state index contributed by atoms with van der Waals surface area (Å²) in [6.07, 6.45) is 1.57. The van der Waals surface area contributed by atoms with Crippen LogP contribution in [0.5, 0.6) is 0 Å². The van der Waals surface area contributed by atoms with Crippen LogP contribution in [0, 0.1) is 5.92 Å². The van der Waals surface area contributed by atoms with Crippen molar-refractivity contribution in [1.82, 2.24) is 0 Å². The fraction of sp³-hybridized carbons (Fsp3) is 0.667. The van der Waals surface area contributed by atoms with Crippen molar-refractivity contribution < 1.29 is 13.5 Å². The second kappa shape index (κ2) is 4.44. The molecule has 0 aromatic carbocycles. The van der Waals surface area contributed by atoms with Gasteiger partial charge in [-0.1, -0.05) is 13.0 Å². The van der Waals surface area contributed by atoms with Crippen molar-refractivity contribution >= 4 is 0 Å². The first-order valence-corrected chi connectivity index (χ1v) is 2.69. The smallest absolute Gasteiger partial charge is 0.322 e. The topological polar surface area (TPSA) is 9.23 Å². The minimum absolute atomic E-state index is 0.000926. The molecule has 0 unspecified atom stereocenters. The van der Waals surface area contributed by atoms with Crippen LogP contribution in [0.1, 0.15) is 6.92 Å². The van der Waals surface area contributed by atoms with Gasteiger partial charge in [-0.25, -0.2) is 0 Å². The number of hydrogen-bond donors (Lipinski definition) is 0. The Kier molecular flexibility index (Phi) is 4.22. The highest BCUT2D eigenvalue weighted by Crippen LogP contribution is 2.01. The number of ether oxygens (including phenoxy) is 1. The third-order valence-electron chi connectivity index (χ3n) is 0.887. The SMILES string of the molecule is C=C[C@H](C)COC(F)F. The van der Waals surface area contributed by atoms with Crippen LogP contribution in [0.25, 0.3) is 0 Å². The highest BCUT2D eigenvalue weighted by atomic mass is 19.3. The molecule has 0 fully saturated rings. The maximum Gasteiger partial charge on any atom is 0.345 e. The number of hydrogen-bond acceptors (Lipinski definition) is 1. The van der Waals surface area contributed by atoms with Crippen molar-refractivity contribution in [2.75, 3.05) is 6.61 Å². The van der Waals surface area contributed by atoms with E-state index < -0.39 is 6.61 Å². The minimum atomic E-state index is -2.66. The fourth-order valence-electron chi connectivity index (χ4n) is 0.293. The molecule has 1 atom stereocenters. The Morgan fingerprint density at radius 1 is 1.67 bits per heavy atom. The minimum Gasteiger partial charge on any atom is -0.322 e. The third-order valence-corrected chi connectivity index (χ3v) is 0.887. The summed E-state index contributed by atoms with van der Waals surface area (Å²) in [5, 5.41) is 0. The molecule has 0 N–H and O–H groups in total. The van der Waals surface area contributed by atoms with E-state index in [2.05, 4.69) is 11.3 Å². The molecule has 0 amide bonds. The molecule has 1 nitrogen and oxygen atoms in total. The maximum absolute atomic E-state index is 11.3. The summed E-state index contributed by atoms with van der Waals surface area (Å²) in [5.41, 5.74) is 0. The number of alkyl halides is 2. The van der Waals surface area contributed by atoms with Crippen molar-refractivity contribution in [3.05, 3.63) is 12.7 Å². The van der Waals surface area contributed by atoms with Crippen LogP contribution in [0.4, 0.5) is 8.78 Å². The van der Waals surface area contributed by atoms with Crippen LogP contribution in [-0.4, -0.2) is 13.2 Å². The first-order chi connectivity index (χ1) is 4.16. The van der Waals surface area contributed by atoms with Gasteiger partial charge in [0.15, 0.2) is 0 Å². The highest BCUT2D eigenvalue weighted by Gasteiger charge is 2.02. The third kappa shape index (κ3) is 5.43. The number of rotatable bonds is 4. The first-order valence-electron chi connectivity index (χ1n) is 2.69. The molecule has 0 rings (SSSR count). The fourth-order valence-corrected chi connectivity index (χ4v) is 0.293. The predicted molar refractivity (Wildman–Crippen MR) is 31.3 cm³/mol. The second-order valence-corrected chi connectivity index (χ2v) is 1.81. The van der Waals surface area contributed by atoms with Gasteiger partial charge >= 0.3 is 6.61 Å². The monoisotopic (exact) mass is 136 g/mol. The largest absolute Gasteiger partial charge is 0.345 e. The van der Waals surface area contributed by atoms with E-state index in [1.165, 1.54) is 0 Å². The molecular formula is C6H10F2O. The van der Waals surface area contributed by atoms with Gasteiger partial charge in [0, 0.05) is 0 Å². The predicted octanol–water partition coefficient (Wildman–Crippen LogP) is 2.05. The Morgan fingerprint density at radius 2 is 2.22 bits per heavy atom. The lowest BCUT2D eigenvalue weighted by Crippen LogP contribution is -2.06. The molecular weight excluding hydrogens is 126 g/mol. The molecule has 0 aliphatic rings. The van der Waals surface area contributed by atoms with Crippen molar-refractivity contribution in [1.29, 1.82) is 0 Å². The second-order valence-electron chi connectivity index (χ2n) is 1.81. The molecule has 0 spiro atoms. The molecule has 54 valence electrons. The molecule has 0 aliphatic heterocycles. The van der Waals surface area contributed by atoms with Gasteiger partial charge in [0.1, 0.15) is 0 Å². The molecule has 0 bridgehead atoms. The van der Waals surface area contributed by atoms with E-state index in [9.17, 15) is 8.78 Å². The van der Waals surface area contributed by atoms with Gasteiger partial charge in [0.25, 0.3) is 0 Å². The maximum atomic E-state index is 11.3. The van der Waals surface area contributed by atoms with E-state index in [-0.39, 0.29) is 12.5 Å². The summed E-state index contributed by atoms with van der Waals surface area (Å²) >= 11 is 0. The quantitative estimate of drug-likeness (QED) is 0.537. The average molecular weight is 136 g/mol. The average Bonchev–Trinajstić information content (AvgIpc) is 1.83. The van der Waals surface area contributed by atoms with Crippen LogP contribution in [-0.2, 0) is 4.74 Å². The van der Waals surface area contributed by atoms with Crippen molar-refractivity contribution in [3.8, 4) is 0 Å². The van der Waals surface area contributed by atoms with Gasteiger partial charge in [0.2, 0.25) is 0 Å². The van der Waals surface area contributed by atoms with Gasteiger partial charge in [-0.2, -0.15) is 8.78 Å². The molecule has 3 heteroatoms. The van der Waals surface area contributed by atoms with E-state index in [0.29, 0.717) is 0 Å². The molecule has 0 radical (unpaired) electrons. The lowest BCUT2D eigenvalue weighted by atomic mass is 10.2. The lowest BCUT2D eigenvalue weighted by molar-refractivity contribution is -0.133. The molecule has 0 aromatic rings. The van der Waals surface area contributed by atoms with Gasteiger partial charge in [0.05, 0.1) is 6.61 Å². The Balaban J connectivity index is 3.16. The normalized spacial score (nSPS) is 13.8. The van der Waals surface area contributed by atoms with Crippen molar-refractivity contribution in [3.63, 3.8) is 0 Å². The summed E-state index contributed by atoms with van der Waals surface area (Å²) in [7, 11) is 0. The van der Waals surface area contributed by atoms with E-state index in [0.717, 1.165) is 0 Å². The summed E-state index contributed by atoms with van der Waals surface area (Å²) in [6.45, 7) is 2.56. The first kappa shape index (κ1) is 8.56. The summed E-state index contributed by atoms with van der Waals surface area (Å²) in [4.78, 5) is 0. The van der Waals surface area contributed by atoms with Gasteiger partial charge in [-0.05, 0) is 5.92 Å². The molecule has 0 heterocycles. The molecule has 0 aromatic heterocycles. The van der Waals surface area contributed by atoms with Gasteiger partial charge < -0.3 is 4.74 Å². The zero-order valence-corrected chi connectivity index (χ0v) is 5.31. The Bertz CT molecular complexity index is 83.1. The summed E-state index contributed by atoms with van der Waals surface area (Å²) in [5.74, 6) is -0.000926.